The van der Waals surface area contributed by atoms with Crippen molar-refractivity contribution in [2.24, 2.45) is 0 Å². The minimum atomic E-state index is -3.97. The number of hydrogen-bond acceptors (Lipinski definition) is 6. The largest absolute Gasteiger partial charge is 0.497 e. The number of methoxy groups -OCH3 is 2. The molecule has 0 aliphatic heterocycles. The summed E-state index contributed by atoms with van der Waals surface area (Å²) in [4.78, 5) is 12.1. The van der Waals surface area contributed by atoms with Gasteiger partial charge in [0, 0.05) is 11.8 Å². The molecule has 0 aliphatic rings. The van der Waals surface area contributed by atoms with Gasteiger partial charge in [-0.1, -0.05) is 11.6 Å². The van der Waals surface area contributed by atoms with E-state index in [9.17, 15) is 17.6 Å². The summed E-state index contributed by atoms with van der Waals surface area (Å²) in [6.45, 7) is -0.380. The maximum absolute atomic E-state index is 13.0. The fourth-order valence-corrected chi connectivity index (χ4v) is 4.11. The van der Waals surface area contributed by atoms with Crippen molar-refractivity contribution in [2.45, 2.75) is 4.90 Å². The standard InChI is InChI=1S/C22H20ClFN2O6S/c1-30-16-7-9-19(21(11-16)31-2)25-22(27)13-32-20-10-8-17(12-18(20)23)33(28,29)26-15-5-3-14(24)4-6-15/h3-12,26H,13H2,1-2H3,(H,25,27). The number of hydrogen-bond donors (Lipinski definition) is 2. The van der Waals surface area contributed by atoms with Crippen LogP contribution in [-0.4, -0.2) is 35.2 Å². The Hall–Kier alpha value is -3.50. The average molecular weight is 495 g/mol. The lowest BCUT2D eigenvalue weighted by Crippen LogP contribution is -2.20. The van der Waals surface area contributed by atoms with Crippen LogP contribution in [0.3, 0.4) is 0 Å². The molecule has 0 fully saturated rings. The van der Waals surface area contributed by atoms with E-state index in [0.717, 1.165) is 12.1 Å². The van der Waals surface area contributed by atoms with Gasteiger partial charge in [0.05, 0.1) is 29.8 Å². The van der Waals surface area contributed by atoms with Gasteiger partial charge in [0.25, 0.3) is 15.9 Å². The highest BCUT2D eigenvalue weighted by Gasteiger charge is 2.17. The monoisotopic (exact) mass is 494 g/mol. The van der Waals surface area contributed by atoms with E-state index in [1.54, 1.807) is 18.2 Å². The third kappa shape index (κ3) is 6.27. The molecule has 2 N–H and O–H groups in total. The maximum atomic E-state index is 13.0. The molecule has 0 heterocycles. The van der Waals surface area contributed by atoms with Crippen molar-refractivity contribution in [2.75, 3.05) is 30.9 Å². The van der Waals surface area contributed by atoms with E-state index in [-0.39, 0.29) is 28.0 Å². The minimum absolute atomic E-state index is 0.00758. The molecule has 8 nitrogen and oxygen atoms in total. The predicted molar refractivity (Wildman–Crippen MR) is 122 cm³/mol. The molecule has 33 heavy (non-hydrogen) atoms. The molecule has 3 rings (SSSR count). The van der Waals surface area contributed by atoms with E-state index < -0.39 is 21.7 Å². The fraction of sp³-hybridized carbons (Fsp3) is 0.136. The van der Waals surface area contributed by atoms with Crippen molar-refractivity contribution < 1.29 is 31.8 Å². The molecule has 0 bridgehead atoms. The second kappa shape index (κ2) is 10.4. The molecule has 174 valence electrons. The molecule has 0 radical (unpaired) electrons. The van der Waals surface area contributed by atoms with E-state index >= 15 is 0 Å². The fourth-order valence-electron chi connectivity index (χ4n) is 2.73. The molecule has 0 unspecified atom stereocenters. The molecule has 11 heteroatoms. The molecule has 3 aromatic carbocycles. The molecule has 0 saturated heterocycles. The lowest BCUT2D eigenvalue weighted by atomic mass is 10.2. The molecular formula is C22H20ClFN2O6S. The number of benzene rings is 3. The summed E-state index contributed by atoms with van der Waals surface area (Å²) < 4.78 is 56.2. The molecule has 0 aromatic heterocycles. The first-order valence-corrected chi connectivity index (χ1v) is 11.3. The lowest BCUT2D eigenvalue weighted by Gasteiger charge is -2.13. The zero-order valence-corrected chi connectivity index (χ0v) is 19.2. The van der Waals surface area contributed by atoms with Crippen LogP contribution in [0.1, 0.15) is 0 Å². The zero-order valence-electron chi connectivity index (χ0n) is 17.6. The summed E-state index contributed by atoms with van der Waals surface area (Å²) in [5.74, 6) is 0.121. The summed E-state index contributed by atoms with van der Waals surface area (Å²) in [5.41, 5.74) is 0.616. The first-order chi connectivity index (χ1) is 15.7. The summed E-state index contributed by atoms with van der Waals surface area (Å²) in [7, 11) is -0.993. The number of rotatable bonds is 9. The van der Waals surface area contributed by atoms with Gasteiger partial charge in [-0.15, -0.1) is 0 Å². The third-order valence-electron chi connectivity index (χ3n) is 4.35. The molecular weight excluding hydrogens is 475 g/mol. The Morgan fingerprint density at radius 2 is 1.70 bits per heavy atom. The summed E-state index contributed by atoms with van der Waals surface area (Å²) in [5, 5.41) is 2.64. The highest BCUT2D eigenvalue weighted by Crippen LogP contribution is 2.30. The van der Waals surface area contributed by atoms with Gasteiger partial charge in [0.2, 0.25) is 0 Å². The van der Waals surface area contributed by atoms with E-state index in [2.05, 4.69) is 10.0 Å². The second-order valence-corrected chi connectivity index (χ2v) is 8.70. The van der Waals surface area contributed by atoms with Crippen LogP contribution in [-0.2, 0) is 14.8 Å². The predicted octanol–water partition coefficient (Wildman–Crippen LogP) is 4.31. The van der Waals surface area contributed by atoms with Gasteiger partial charge < -0.3 is 19.5 Å². The van der Waals surface area contributed by atoms with Gasteiger partial charge >= 0.3 is 0 Å². The zero-order chi connectivity index (χ0) is 24.0. The van der Waals surface area contributed by atoms with E-state index in [1.165, 1.54) is 44.6 Å². The number of nitrogens with one attached hydrogen (secondary N) is 2. The van der Waals surface area contributed by atoms with Gasteiger partial charge in [0.15, 0.2) is 6.61 Å². The number of ether oxygens (including phenoxy) is 3. The van der Waals surface area contributed by atoms with E-state index in [4.69, 9.17) is 25.8 Å². The number of anilines is 2. The van der Waals surface area contributed by atoms with Crippen molar-refractivity contribution in [3.63, 3.8) is 0 Å². The van der Waals surface area contributed by atoms with Gasteiger partial charge in [0.1, 0.15) is 23.1 Å². The Morgan fingerprint density at radius 1 is 0.970 bits per heavy atom. The first-order valence-electron chi connectivity index (χ1n) is 9.44. The second-order valence-electron chi connectivity index (χ2n) is 6.61. The summed E-state index contributed by atoms with van der Waals surface area (Å²) >= 11 is 6.15. The van der Waals surface area contributed by atoms with Gasteiger partial charge in [-0.2, -0.15) is 0 Å². The van der Waals surface area contributed by atoms with E-state index in [0.29, 0.717) is 17.2 Å². The van der Waals surface area contributed by atoms with Crippen molar-refractivity contribution >= 4 is 38.9 Å². The third-order valence-corrected chi connectivity index (χ3v) is 6.03. The van der Waals surface area contributed by atoms with Crippen LogP contribution in [0.25, 0.3) is 0 Å². The number of amides is 1. The highest BCUT2D eigenvalue weighted by molar-refractivity contribution is 7.92. The maximum Gasteiger partial charge on any atom is 0.262 e. The molecule has 0 saturated carbocycles. The Bertz CT molecular complexity index is 1250. The van der Waals surface area contributed by atoms with Crippen molar-refractivity contribution in [1.82, 2.24) is 0 Å². The van der Waals surface area contributed by atoms with Crippen LogP contribution in [0.4, 0.5) is 15.8 Å². The smallest absolute Gasteiger partial charge is 0.262 e. The summed E-state index contributed by atoms with van der Waals surface area (Å²) in [6.07, 6.45) is 0. The van der Waals surface area contributed by atoms with Gasteiger partial charge in [-0.05, 0) is 54.6 Å². The molecule has 0 spiro atoms. The van der Waals surface area contributed by atoms with Gasteiger partial charge in [-0.25, -0.2) is 12.8 Å². The lowest BCUT2D eigenvalue weighted by molar-refractivity contribution is -0.118. The minimum Gasteiger partial charge on any atom is -0.497 e. The number of carbonyl (C=O) groups is 1. The van der Waals surface area contributed by atoms with Crippen LogP contribution >= 0.6 is 11.6 Å². The molecule has 0 atom stereocenters. The molecule has 1 amide bonds. The Morgan fingerprint density at radius 3 is 2.33 bits per heavy atom. The Balaban J connectivity index is 1.64. The molecule has 3 aromatic rings. The Kier molecular flexibility index (Phi) is 7.62. The van der Waals surface area contributed by atoms with Gasteiger partial charge in [-0.3, -0.25) is 9.52 Å². The van der Waals surface area contributed by atoms with Crippen molar-refractivity contribution in [3.8, 4) is 17.2 Å². The quantitative estimate of drug-likeness (QED) is 0.459. The first kappa shape index (κ1) is 24.1. The van der Waals surface area contributed by atoms with Crippen LogP contribution in [0, 0.1) is 5.82 Å². The van der Waals surface area contributed by atoms with Crippen LogP contribution < -0.4 is 24.2 Å². The van der Waals surface area contributed by atoms with Crippen LogP contribution in [0.15, 0.2) is 65.6 Å². The van der Waals surface area contributed by atoms with Crippen LogP contribution in [0.2, 0.25) is 5.02 Å². The Labute approximate surface area is 195 Å². The topological polar surface area (TPSA) is 103 Å². The number of halogens is 2. The number of sulfonamides is 1. The summed E-state index contributed by atoms with van der Waals surface area (Å²) in [6, 6.07) is 13.6. The van der Waals surface area contributed by atoms with Crippen molar-refractivity contribution in [3.05, 3.63) is 71.5 Å². The average Bonchev–Trinajstić information content (AvgIpc) is 2.79. The normalized spacial score (nSPS) is 10.9. The van der Waals surface area contributed by atoms with Crippen LogP contribution in [0.5, 0.6) is 17.2 Å². The van der Waals surface area contributed by atoms with Crippen molar-refractivity contribution in [1.29, 1.82) is 0 Å². The SMILES string of the molecule is COc1ccc(NC(=O)COc2ccc(S(=O)(=O)Nc3ccc(F)cc3)cc2Cl)c(OC)c1. The van der Waals surface area contributed by atoms with E-state index in [1.807, 2.05) is 0 Å². The number of carbonyl (C=O) groups excluding carboxylic acids is 1. The molecule has 0 aliphatic carbocycles. The highest BCUT2D eigenvalue weighted by atomic mass is 35.5.